The molecule has 2 rings (SSSR count). The molecule has 0 aliphatic rings. The Kier molecular flexibility index (Phi) is 5.48. The van der Waals surface area contributed by atoms with Gasteiger partial charge in [0.05, 0.1) is 10.7 Å². The van der Waals surface area contributed by atoms with Crippen molar-refractivity contribution in [3.8, 4) is 0 Å². The number of halogens is 2. The fraction of sp³-hybridized carbons (Fsp3) is 0.188. The Labute approximate surface area is 134 Å². The lowest BCUT2D eigenvalue weighted by atomic mass is 10.0. The quantitative estimate of drug-likeness (QED) is 0.824. The number of amides is 2. The molecule has 0 saturated heterocycles. The Morgan fingerprint density at radius 2 is 1.86 bits per heavy atom. The summed E-state index contributed by atoms with van der Waals surface area (Å²) in [6.07, 6.45) is 0. The second-order valence-corrected chi connectivity index (χ2v) is 5.61. The van der Waals surface area contributed by atoms with E-state index in [1.54, 1.807) is 18.2 Å². The van der Waals surface area contributed by atoms with Crippen LogP contribution in [0.5, 0.6) is 0 Å². The van der Waals surface area contributed by atoms with E-state index >= 15 is 0 Å². The van der Waals surface area contributed by atoms with Gasteiger partial charge in [0.25, 0.3) is 0 Å². The predicted octanol–water partition coefficient (Wildman–Crippen LogP) is 4.92. The van der Waals surface area contributed by atoms with Crippen LogP contribution in [0.4, 0.5) is 10.5 Å². The maximum atomic E-state index is 11.9. The van der Waals surface area contributed by atoms with E-state index in [-0.39, 0.29) is 11.9 Å². The highest BCUT2D eigenvalue weighted by Gasteiger charge is 2.09. The first kappa shape index (κ1) is 15.7. The molecular formula is C16H16Cl2N2O. The number of rotatable bonds is 4. The molecular weight excluding hydrogens is 307 g/mol. The summed E-state index contributed by atoms with van der Waals surface area (Å²) >= 11 is 11.8. The van der Waals surface area contributed by atoms with Crippen molar-refractivity contribution in [3.63, 3.8) is 0 Å². The molecule has 0 spiro atoms. The Balaban J connectivity index is 1.87. The fourth-order valence-electron chi connectivity index (χ4n) is 1.90. The van der Waals surface area contributed by atoms with E-state index in [9.17, 15) is 4.79 Å². The minimum absolute atomic E-state index is 0.234. The molecule has 0 saturated carbocycles. The van der Waals surface area contributed by atoms with Crippen molar-refractivity contribution in [2.75, 3.05) is 11.9 Å². The summed E-state index contributed by atoms with van der Waals surface area (Å²) in [5.74, 6) is 0.234. The average Bonchev–Trinajstić information content (AvgIpc) is 2.48. The number of carbonyl (C=O) groups excluding carboxylic acids is 1. The van der Waals surface area contributed by atoms with Gasteiger partial charge >= 0.3 is 6.03 Å². The molecule has 0 aromatic heterocycles. The van der Waals surface area contributed by atoms with Crippen LogP contribution in [0.1, 0.15) is 18.4 Å². The van der Waals surface area contributed by atoms with Gasteiger partial charge in [0.15, 0.2) is 0 Å². The fourth-order valence-corrected chi connectivity index (χ4v) is 2.36. The van der Waals surface area contributed by atoms with Crippen LogP contribution in [0.3, 0.4) is 0 Å². The summed E-state index contributed by atoms with van der Waals surface area (Å²) in [4.78, 5) is 11.9. The third-order valence-corrected chi connectivity index (χ3v) is 3.66. The second kappa shape index (κ2) is 7.34. The lowest BCUT2D eigenvalue weighted by Crippen LogP contribution is -2.31. The number of anilines is 1. The largest absolute Gasteiger partial charge is 0.337 e. The third kappa shape index (κ3) is 4.66. The summed E-state index contributed by atoms with van der Waals surface area (Å²) in [5.41, 5.74) is 1.72. The van der Waals surface area contributed by atoms with Crippen LogP contribution in [0.2, 0.25) is 10.0 Å². The minimum Gasteiger partial charge on any atom is -0.337 e. The first-order valence-corrected chi connectivity index (χ1v) is 7.36. The first-order chi connectivity index (χ1) is 10.1. The van der Waals surface area contributed by atoms with Crippen molar-refractivity contribution in [1.29, 1.82) is 0 Å². The molecule has 1 atom stereocenters. The zero-order chi connectivity index (χ0) is 15.2. The Morgan fingerprint density at radius 3 is 2.52 bits per heavy atom. The van der Waals surface area contributed by atoms with Crippen molar-refractivity contribution >= 4 is 34.9 Å². The molecule has 0 fully saturated rings. The maximum absolute atomic E-state index is 11.9. The third-order valence-electron chi connectivity index (χ3n) is 3.12. The van der Waals surface area contributed by atoms with Gasteiger partial charge in [0, 0.05) is 11.6 Å². The van der Waals surface area contributed by atoms with Gasteiger partial charge in [0.2, 0.25) is 0 Å². The van der Waals surface area contributed by atoms with Gasteiger partial charge in [-0.1, -0.05) is 60.5 Å². The van der Waals surface area contributed by atoms with Crippen molar-refractivity contribution in [3.05, 3.63) is 64.1 Å². The summed E-state index contributed by atoms with van der Waals surface area (Å²) < 4.78 is 0. The van der Waals surface area contributed by atoms with Crippen LogP contribution in [0, 0.1) is 0 Å². The van der Waals surface area contributed by atoms with E-state index in [2.05, 4.69) is 17.6 Å². The molecule has 0 radical (unpaired) electrons. The number of hydrogen-bond donors (Lipinski definition) is 2. The molecule has 110 valence electrons. The first-order valence-electron chi connectivity index (χ1n) is 6.61. The van der Waals surface area contributed by atoms with Gasteiger partial charge in [0.1, 0.15) is 0 Å². The number of hydrogen-bond acceptors (Lipinski definition) is 1. The average molecular weight is 323 g/mol. The van der Waals surface area contributed by atoms with Gasteiger partial charge in [-0.25, -0.2) is 4.79 Å². The summed E-state index contributed by atoms with van der Waals surface area (Å²) in [6.45, 7) is 2.60. The lowest BCUT2D eigenvalue weighted by Gasteiger charge is -2.14. The normalized spacial score (nSPS) is 11.8. The monoisotopic (exact) mass is 322 g/mol. The van der Waals surface area contributed by atoms with Gasteiger partial charge in [-0.15, -0.1) is 0 Å². The predicted molar refractivity (Wildman–Crippen MR) is 88.3 cm³/mol. The van der Waals surface area contributed by atoms with E-state index in [4.69, 9.17) is 23.2 Å². The number of benzene rings is 2. The van der Waals surface area contributed by atoms with Gasteiger partial charge < -0.3 is 10.6 Å². The van der Waals surface area contributed by atoms with E-state index in [1.807, 2.05) is 30.3 Å². The number of nitrogens with one attached hydrogen (secondary N) is 2. The van der Waals surface area contributed by atoms with E-state index in [1.165, 1.54) is 5.56 Å². The van der Waals surface area contributed by atoms with Gasteiger partial charge in [-0.3, -0.25) is 0 Å². The van der Waals surface area contributed by atoms with E-state index < -0.39 is 0 Å². The molecule has 2 amide bonds. The van der Waals surface area contributed by atoms with Crippen molar-refractivity contribution < 1.29 is 4.79 Å². The molecule has 5 heteroatoms. The smallest absolute Gasteiger partial charge is 0.319 e. The summed E-state index contributed by atoms with van der Waals surface area (Å²) in [6, 6.07) is 14.7. The molecule has 0 aliphatic heterocycles. The zero-order valence-corrected chi connectivity index (χ0v) is 13.1. The zero-order valence-electron chi connectivity index (χ0n) is 11.6. The van der Waals surface area contributed by atoms with Gasteiger partial charge in [-0.05, 0) is 29.7 Å². The van der Waals surface area contributed by atoms with Crippen LogP contribution >= 0.6 is 23.2 Å². The van der Waals surface area contributed by atoms with Crippen LogP contribution in [-0.2, 0) is 0 Å². The molecule has 0 bridgehead atoms. The van der Waals surface area contributed by atoms with Gasteiger partial charge in [-0.2, -0.15) is 0 Å². The highest BCUT2D eigenvalue weighted by atomic mass is 35.5. The summed E-state index contributed by atoms with van der Waals surface area (Å²) in [5, 5.41) is 6.48. The van der Waals surface area contributed by atoms with Crippen LogP contribution in [0.25, 0.3) is 0 Å². The Bertz CT molecular complexity index is 617. The number of urea groups is 1. The molecule has 0 heterocycles. The maximum Gasteiger partial charge on any atom is 0.319 e. The van der Waals surface area contributed by atoms with Crippen LogP contribution < -0.4 is 10.6 Å². The van der Waals surface area contributed by atoms with Crippen molar-refractivity contribution in [2.24, 2.45) is 0 Å². The Morgan fingerprint density at radius 1 is 1.14 bits per heavy atom. The van der Waals surface area contributed by atoms with Crippen LogP contribution in [0.15, 0.2) is 48.5 Å². The molecule has 2 aromatic rings. The van der Waals surface area contributed by atoms with Crippen molar-refractivity contribution in [2.45, 2.75) is 12.8 Å². The number of carbonyl (C=O) groups is 1. The van der Waals surface area contributed by atoms with E-state index in [0.717, 1.165) is 0 Å². The minimum atomic E-state index is -0.290. The highest BCUT2D eigenvalue weighted by molar-refractivity contribution is 6.36. The molecule has 0 aliphatic carbocycles. The molecule has 2 N–H and O–H groups in total. The Hall–Kier alpha value is -1.71. The standard InChI is InChI=1S/C16H16Cl2N2O/c1-11(12-5-3-2-4-6-12)10-19-16(21)20-15-8-7-13(17)9-14(15)18/h2-9,11H,10H2,1H3,(H2,19,20,21). The summed E-state index contributed by atoms with van der Waals surface area (Å²) in [7, 11) is 0. The molecule has 2 aromatic carbocycles. The lowest BCUT2D eigenvalue weighted by molar-refractivity contribution is 0.251. The highest BCUT2D eigenvalue weighted by Crippen LogP contribution is 2.25. The molecule has 21 heavy (non-hydrogen) atoms. The topological polar surface area (TPSA) is 41.1 Å². The molecule has 1 unspecified atom stereocenters. The molecule has 3 nitrogen and oxygen atoms in total. The van der Waals surface area contributed by atoms with Crippen molar-refractivity contribution in [1.82, 2.24) is 5.32 Å². The second-order valence-electron chi connectivity index (χ2n) is 4.77. The van der Waals surface area contributed by atoms with E-state index in [0.29, 0.717) is 22.3 Å². The SMILES string of the molecule is CC(CNC(=O)Nc1ccc(Cl)cc1Cl)c1ccccc1. The van der Waals surface area contributed by atoms with Crippen LogP contribution in [-0.4, -0.2) is 12.6 Å².